The molecule has 2 aliphatic rings. The molecule has 2 N–H and O–H groups in total. The third-order valence-electron chi connectivity index (χ3n) is 6.53. The molecule has 0 spiro atoms. The maximum Gasteiger partial charge on any atom is 0.245 e. The van der Waals surface area contributed by atoms with Gasteiger partial charge in [-0.1, -0.05) is 18.6 Å². The number of hydrogen-bond acceptors (Lipinski definition) is 7. The van der Waals surface area contributed by atoms with Crippen LogP contribution in [0.4, 0.5) is 5.69 Å². The van der Waals surface area contributed by atoms with Gasteiger partial charge in [-0.25, -0.2) is 18.7 Å². The SMILES string of the molecule is O=C(C[C@]1(c2ccc(-c3cccc(NC(=O)CCCl)c3)s2)CCCCS1(=O)=O)NOC1CCCCO1. The van der Waals surface area contributed by atoms with E-state index in [0.29, 0.717) is 42.9 Å². The number of benzene rings is 1. The molecule has 2 saturated heterocycles. The predicted octanol–water partition coefficient (Wildman–Crippen LogP) is 4.74. The van der Waals surface area contributed by atoms with Crippen molar-refractivity contribution >= 4 is 50.3 Å². The minimum absolute atomic E-state index is 0.0438. The molecule has 2 fully saturated rings. The van der Waals surface area contributed by atoms with Crippen LogP contribution in [-0.4, -0.2) is 44.8 Å². The third-order valence-corrected chi connectivity index (χ3v) is 10.8. The molecule has 2 aliphatic heterocycles. The van der Waals surface area contributed by atoms with Gasteiger partial charge >= 0.3 is 0 Å². The number of ether oxygens (including phenoxy) is 1. The Morgan fingerprint density at radius 3 is 2.75 bits per heavy atom. The number of hydrogen-bond donors (Lipinski definition) is 2. The van der Waals surface area contributed by atoms with Gasteiger partial charge in [-0.15, -0.1) is 22.9 Å². The third kappa shape index (κ3) is 6.28. The van der Waals surface area contributed by atoms with E-state index < -0.39 is 26.8 Å². The zero-order valence-corrected chi connectivity index (χ0v) is 22.4. The van der Waals surface area contributed by atoms with Crippen molar-refractivity contribution in [1.82, 2.24) is 5.48 Å². The van der Waals surface area contributed by atoms with E-state index in [4.69, 9.17) is 21.2 Å². The van der Waals surface area contributed by atoms with Gasteiger partial charge in [0, 0.05) is 40.8 Å². The van der Waals surface area contributed by atoms with Crippen molar-refractivity contribution in [3.63, 3.8) is 0 Å². The standard InChI is InChI=1S/C25H31ClN2O6S2/c26-13-11-22(29)27-19-7-5-6-18(16-19)20-9-10-21(35-20)25(12-2-4-15-36(25,31)32)17-23(30)28-34-24-8-1-3-14-33-24/h5-7,9-10,16,24H,1-4,8,11-15,17H2,(H,27,29)(H,28,30)/t24?,25-/m0/s1. The Bertz CT molecular complexity index is 1180. The summed E-state index contributed by atoms with van der Waals surface area (Å²) in [6.45, 7) is 0.578. The summed E-state index contributed by atoms with van der Waals surface area (Å²) in [6.07, 6.45) is 3.76. The molecule has 0 radical (unpaired) electrons. The van der Waals surface area contributed by atoms with Crippen molar-refractivity contribution in [3.05, 3.63) is 41.3 Å². The van der Waals surface area contributed by atoms with Crippen LogP contribution in [0.5, 0.6) is 0 Å². The van der Waals surface area contributed by atoms with E-state index in [2.05, 4.69) is 10.8 Å². The van der Waals surface area contributed by atoms with Gasteiger partial charge in [0.25, 0.3) is 0 Å². The van der Waals surface area contributed by atoms with Crippen LogP contribution in [0.2, 0.25) is 0 Å². The van der Waals surface area contributed by atoms with Crippen LogP contribution in [0.15, 0.2) is 36.4 Å². The normalized spacial score (nSPS) is 23.6. The lowest BCUT2D eigenvalue weighted by molar-refractivity contribution is -0.200. The molecular formula is C25H31ClN2O6S2. The summed E-state index contributed by atoms with van der Waals surface area (Å²) in [5.74, 6) is -0.369. The van der Waals surface area contributed by atoms with Crippen molar-refractivity contribution in [2.45, 2.75) is 62.4 Å². The number of alkyl halides is 1. The van der Waals surface area contributed by atoms with E-state index in [1.54, 1.807) is 12.1 Å². The Kier molecular flexibility index (Phi) is 9.05. The van der Waals surface area contributed by atoms with Gasteiger partial charge < -0.3 is 10.1 Å². The maximum absolute atomic E-state index is 13.4. The van der Waals surface area contributed by atoms with Crippen molar-refractivity contribution in [3.8, 4) is 10.4 Å². The number of carbonyl (C=O) groups is 2. The molecule has 2 amide bonds. The Morgan fingerprint density at radius 1 is 1.14 bits per heavy atom. The number of amides is 2. The number of hydroxylamine groups is 1. The van der Waals surface area contributed by atoms with Gasteiger partial charge in [0.2, 0.25) is 11.8 Å². The van der Waals surface area contributed by atoms with Crippen molar-refractivity contribution < 1.29 is 27.6 Å². The van der Waals surface area contributed by atoms with Crippen LogP contribution in [0.3, 0.4) is 0 Å². The minimum Gasteiger partial charge on any atom is -0.350 e. The van der Waals surface area contributed by atoms with Gasteiger partial charge in [0.05, 0.1) is 12.2 Å². The van der Waals surface area contributed by atoms with Crippen molar-refractivity contribution in [1.29, 1.82) is 0 Å². The Labute approximate surface area is 220 Å². The smallest absolute Gasteiger partial charge is 0.245 e. The number of sulfone groups is 1. The molecule has 196 valence electrons. The molecule has 1 unspecified atom stereocenters. The number of thiophene rings is 1. The molecule has 0 bridgehead atoms. The van der Waals surface area contributed by atoms with E-state index in [0.717, 1.165) is 23.3 Å². The zero-order chi connectivity index (χ0) is 25.6. The van der Waals surface area contributed by atoms with Gasteiger partial charge in [-0.3, -0.25) is 9.59 Å². The first kappa shape index (κ1) is 27.1. The van der Waals surface area contributed by atoms with E-state index in [1.807, 2.05) is 24.3 Å². The molecule has 8 nitrogen and oxygen atoms in total. The molecule has 3 heterocycles. The highest BCUT2D eigenvalue weighted by Gasteiger charge is 2.49. The lowest BCUT2D eigenvalue weighted by Gasteiger charge is -2.35. The predicted molar refractivity (Wildman–Crippen MR) is 140 cm³/mol. The zero-order valence-electron chi connectivity index (χ0n) is 20.0. The van der Waals surface area contributed by atoms with Crippen LogP contribution in [0, 0.1) is 0 Å². The summed E-state index contributed by atoms with van der Waals surface area (Å²) in [5, 5.41) is 2.82. The van der Waals surface area contributed by atoms with E-state index in [-0.39, 0.29) is 30.4 Å². The Morgan fingerprint density at radius 2 is 2.00 bits per heavy atom. The highest BCUT2D eigenvalue weighted by Crippen LogP contribution is 2.47. The van der Waals surface area contributed by atoms with Gasteiger partial charge in [-0.05, 0) is 55.5 Å². The molecule has 2 atom stereocenters. The maximum atomic E-state index is 13.4. The number of halogens is 1. The summed E-state index contributed by atoms with van der Waals surface area (Å²) < 4.78 is 31.0. The molecule has 1 aromatic carbocycles. The number of rotatable bonds is 9. The van der Waals surface area contributed by atoms with Gasteiger partial charge in [0.15, 0.2) is 16.1 Å². The molecule has 1 aromatic heterocycles. The first-order valence-corrected chi connectivity index (χ1v) is 15.2. The summed E-state index contributed by atoms with van der Waals surface area (Å²) >= 11 is 7.01. The van der Waals surface area contributed by atoms with E-state index in [1.165, 1.54) is 11.3 Å². The Hall–Kier alpha value is -1.98. The number of carbonyl (C=O) groups excluding carboxylic acids is 2. The molecule has 2 aromatic rings. The lowest BCUT2D eigenvalue weighted by atomic mass is 9.94. The molecule has 4 rings (SSSR count). The summed E-state index contributed by atoms with van der Waals surface area (Å²) in [5.41, 5.74) is 3.92. The second kappa shape index (κ2) is 12.0. The highest BCUT2D eigenvalue weighted by atomic mass is 35.5. The monoisotopic (exact) mass is 554 g/mol. The topological polar surface area (TPSA) is 111 Å². The van der Waals surface area contributed by atoms with Gasteiger partial charge in [0.1, 0.15) is 4.75 Å². The van der Waals surface area contributed by atoms with Crippen molar-refractivity contribution in [2.24, 2.45) is 0 Å². The average molecular weight is 555 g/mol. The van der Waals surface area contributed by atoms with Crippen LogP contribution < -0.4 is 10.8 Å². The molecular weight excluding hydrogens is 524 g/mol. The first-order chi connectivity index (χ1) is 17.3. The van der Waals surface area contributed by atoms with Crippen LogP contribution in [0.1, 0.15) is 56.2 Å². The molecule has 0 saturated carbocycles. The first-order valence-electron chi connectivity index (χ1n) is 12.2. The lowest BCUT2D eigenvalue weighted by Crippen LogP contribution is -2.45. The minimum atomic E-state index is -3.58. The summed E-state index contributed by atoms with van der Waals surface area (Å²) in [6, 6.07) is 11.0. The van der Waals surface area contributed by atoms with Crippen LogP contribution >= 0.6 is 22.9 Å². The van der Waals surface area contributed by atoms with Crippen LogP contribution in [-0.2, 0) is 33.7 Å². The largest absolute Gasteiger partial charge is 0.350 e. The van der Waals surface area contributed by atoms with Gasteiger partial charge in [-0.2, -0.15) is 0 Å². The number of nitrogens with one attached hydrogen (secondary N) is 2. The average Bonchev–Trinajstić information content (AvgIpc) is 3.36. The fourth-order valence-corrected chi connectivity index (χ4v) is 8.59. The second-order valence-corrected chi connectivity index (χ2v) is 13.0. The van der Waals surface area contributed by atoms with Crippen molar-refractivity contribution in [2.75, 3.05) is 23.6 Å². The number of anilines is 1. The summed E-state index contributed by atoms with van der Waals surface area (Å²) in [4.78, 5) is 31.7. The molecule has 11 heteroatoms. The second-order valence-electron chi connectivity index (χ2n) is 9.12. The molecule has 0 aliphatic carbocycles. The quantitative estimate of drug-likeness (QED) is 0.342. The highest BCUT2D eigenvalue weighted by molar-refractivity contribution is 7.92. The van der Waals surface area contributed by atoms with E-state index in [9.17, 15) is 18.0 Å². The fourth-order valence-electron chi connectivity index (χ4n) is 4.64. The molecule has 36 heavy (non-hydrogen) atoms. The van der Waals surface area contributed by atoms with E-state index >= 15 is 0 Å². The van der Waals surface area contributed by atoms with Crippen LogP contribution in [0.25, 0.3) is 10.4 Å². The Balaban J connectivity index is 1.55. The summed E-state index contributed by atoms with van der Waals surface area (Å²) in [7, 11) is -3.58. The fraction of sp³-hybridized carbons (Fsp3) is 0.520.